The fraction of sp³-hybridized carbons (Fsp3) is 0.455. The third-order valence-electron chi connectivity index (χ3n) is 2.36. The molecule has 0 N–H and O–H groups in total. The highest BCUT2D eigenvalue weighted by Crippen LogP contribution is 2.20. The topological polar surface area (TPSA) is 39.9 Å². The van der Waals surface area contributed by atoms with Gasteiger partial charge in [-0.2, -0.15) is 5.26 Å². The normalized spacial score (nSPS) is 10.0. The quantitative estimate of drug-likeness (QED) is 0.715. The van der Waals surface area contributed by atoms with E-state index in [1.165, 1.54) is 0 Å². The third-order valence-corrected chi connectivity index (χ3v) is 2.36. The average Bonchev–Trinajstić information content (AvgIpc) is 2.16. The number of hydrogen-bond acceptors (Lipinski definition) is 3. The second-order valence-corrected chi connectivity index (χ2v) is 3.64. The van der Waals surface area contributed by atoms with Crippen molar-refractivity contribution in [1.29, 1.82) is 5.26 Å². The number of nitriles is 1. The molecule has 0 saturated heterocycles. The minimum absolute atomic E-state index is 0.344. The molecule has 0 aliphatic heterocycles. The molecule has 1 aromatic rings. The predicted octanol–water partition coefficient (Wildman–Crippen LogP) is 2.11. The molecule has 1 rings (SSSR count). The molecule has 1 heterocycles. The zero-order valence-corrected chi connectivity index (χ0v) is 9.07. The maximum atomic E-state index is 9.01. The number of anilines is 1. The first-order valence-corrected chi connectivity index (χ1v) is 4.66. The van der Waals surface area contributed by atoms with Crippen LogP contribution in [0.3, 0.4) is 0 Å². The van der Waals surface area contributed by atoms with Gasteiger partial charge in [-0.15, -0.1) is 0 Å². The molecule has 0 saturated carbocycles. The van der Waals surface area contributed by atoms with Crippen LogP contribution in [0, 0.1) is 18.3 Å². The van der Waals surface area contributed by atoms with Crippen molar-refractivity contribution >= 4 is 5.82 Å². The Kier molecular flexibility index (Phi) is 3.08. The van der Waals surface area contributed by atoms with Crippen molar-refractivity contribution in [2.24, 2.45) is 0 Å². The van der Waals surface area contributed by atoms with Gasteiger partial charge in [0.15, 0.2) is 0 Å². The van der Waals surface area contributed by atoms with Crippen LogP contribution in [-0.2, 0) is 0 Å². The van der Waals surface area contributed by atoms with E-state index in [-0.39, 0.29) is 0 Å². The van der Waals surface area contributed by atoms with E-state index in [1.54, 1.807) is 6.20 Å². The van der Waals surface area contributed by atoms with Crippen molar-refractivity contribution in [3.05, 3.63) is 23.4 Å². The van der Waals surface area contributed by atoms with Crippen LogP contribution in [-0.4, -0.2) is 18.1 Å². The Hall–Kier alpha value is -1.56. The summed E-state index contributed by atoms with van der Waals surface area (Å²) in [6.45, 7) is 6.08. The molecular weight excluding hydrogens is 174 g/mol. The van der Waals surface area contributed by atoms with Gasteiger partial charge in [0.1, 0.15) is 11.9 Å². The van der Waals surface area contributed by atoms with Crippen LogP contribution in [0.1, 0.15) is 25.0 Å². The van der Waals surface area contributed by atoms with Gasteiger partial charge in [-0.3, -0.25) is 0 Å². The summed E-state index contributed by atoms with van der Waals surface area (Å²) < 4.78 is 0. The van der Waals surface area contributed by atoms with Crippen LogP contribution < -0.4 is 4.90 Å². The first-order chi connectivity index (χ1) is 6.57. The monoisotopic (exact) mass is 189 g/mol. The van der Waals surface area contributed by atoms with E-state index in [9.17, 15) is 0 Å². The summed E-state index contributed by atoms with van der Waals surface area (Å²) in [6.07, 6.45) is 1.74. The standard InChI is InChI=1S/C11H15N3/c1-8(2)14(4)11-10(7-12)9(3)5-6-13-11/h5-6,8H,1-4H3. The van der Waals surface area contributed by atoms with E-state index in [0.717, 1.165) is 11.4 Å². The summed E-state index contributed by atoms with van der Waals surface area (Å²) in [5.41, 5.74) is 1.65. The van der Waals surface area contributed by atoms with Gasteiger partial charge in [0.2, 0.25) is 0 Å². The van der Waals surface area contributed by atoms with Crippen LogP contribution in [0.15, 0.2) is 12.3 Å². The van der Waals surface area contributed by atoms with Crippen LogP contribution in [0.5, 0.6) is 0 Å². The van der Waals surface area contributed by atoms with Gasteiger partial charge in [0, 0.05) is 19.3 Å². The van der Waals surface area contributed by atoms with E-state index in [1.807, 2.05) is 24.9 Å². The van der Waals surface area contributed by atoms with Gasteiger partial charge in [-0.05, 0) is 32.4 Å². The van der Waals surface area contributed by atoms with Crippen molar-refractivity contribution in [2.75, 3.05) is 11.9 Å². The zero-order chi connectivity index (χ0) is 10.7. The first kappa shape index (κ1) is 10.5. The van der Waals surface area contributed by atoms with Gasteiger partial charge in [-0.25, -0.2) is 4.98 Å². The van der Waals surface area contributed by atoms with E-state index < -0.39 is 0 Å². The second kappa shape index (κ2) is 4.10. The molecule has 0 aromatic carbocycles. The summed E-state index contributed by atoms with van der Waals surface area (Å²) in [5, 5.41) is 9.01. The van der Waals surface area contributed by atoms with E-state index in [4.69, 9.17) is 5.26 Å². The largest absolute Gasteiger partial charge is 0.356 e. The van der Waals surface area contributed by atoms with Crippen LogP contribution in [0.2, 0.25) is 0 Å². The number of rotatable bonds is 2. The van der Waals surface area contributed by atoms with Crippen LogP contribution in [0.25, 0.3) is 0 Å². The Labute approximate surface area is 85.0 Å². The fourth-order valence-corrected chi connectivity index (χ4v) is 1.19. The average molecular weight is 189 g/mol. The number of nitrogens with zero attached hydrogens (tertiary/aromatic N) is 3. The Morgan fingerprint density at radius 3 is 2.64 bits per heavy atom. The molecule has 0 fully saturated rings. The molecule has 3 nitrogen and oxygen atoms in total. The molecule has 0 bridgehead atoms. The summed E-state index contributed by atoms with van der Waals surface area (Å²) in [4.78, 5) is 6.24. The lowest BCUT2D eigenvalue weighted by Gasteiger charge is -2.23. The molecule has 74 valence electrons. The summed E-state index contributed by atoms with van der Waals surface area (Å²) in [7, 11) is 1.95. The Morgan fingerprint density at radius 2 is 2.14 bits per heavy atom. The van der Waals surface area contributed by atoms with Crippen molar-refractivity contribution in [2.45, 2.75) is 26.8 Å². The summed E-state index contributed by atoms with van der Waals surface area (Å²) in [6, 6.07) is 4.40. The van der Waals surface area contributed by atoms with Gasteiger partial charge in [0.05, 0.1) is 5.56 Å². The molecule has 1 aromatic heterocycles. The van der Waals surface area contributed by atoms with Crippen molar-refractivity contribution in [1.82, 2.24) is 4.98 Å². The lowest BCUT2D eigenvalue weighted by molar-refractivity contribution is 0.741. The Bertz CT molecular complexity index is 363. The molecule has 0 radical (unpaired) electrons. The molecule has 0 unspecified atom stereocenters. The summed E-state index contributed by atoms with van der Waals surface area (Å²) in [5.74, 6) is 0.766. The maximum Gasteiger partial charge on any atom is 0.146 e. The molecule has 3 heteroatoms. The van der Waals surface area contributed by atoms with Crippen molar-refractivity contribution in [3.63, 3.8) is 0 Å². The van der Waals surface area contributed by atoms with Gasteiger partial charge >= 0.3 is 0 Å². The first-order valence-electron chi connectivity index (χ1n) is 4.66. The molecule has 0 aliphatic rings. The van der Waals surface area contributed by atoms with E-state index in [2.05, 4.69) is 24.9 Å². The van der Waals surface area contributed by atoms with E-state index in [0.29, 0.717) is 11.6 Å². The minimum atomic E-state index is 0.344. The summed E-state index contributed by atoms with van der Waals surface area (Å²) >= 11 is 0. The van der Waals surface area contributed by atoms with Crippen LogP contribution >= 0.6 is 0 Å². The molecule has 0 amide bonds. The third kappa shape index (κ3) is 1.85. The fourth-order valence-electron chi connectivity index (χ4n) is 1.19. The highest BCUT2D eigenvalue weighted by molar-refractivity contribution is 5.57. The van der Waals surface area contributed by atoms with Crippen molar-refractivity contribution < 1.29 is 0 Å². The molecule has 0 aliphatic carbocycles. The Balaban J connectivity index is 3.22. The highest BCUT2D eigenvalue weighted by Gasteiger charge is 2.12. The second-order valence-electron chi connectivity index (χ2n) is 3.64. The predicted molar refractivity (Wildman–Crippen MR) is 57.2 cm³/mol. The Morgan fingerprint density at radius 1 is 1.50 bits per heavy atom. The SMILES string of the molecule is Cc1ccnc(N(C)C(C)C)c1C#N. The highest BCUT2D eigenvalue weighted by atomic mass is 15.2. The van der Waals surface area contributed by atoms with Crippen molar-refractivity contribution in [3.8, 4) is 6.07 Å². The smallest absolute Gasteiger partial charge is 0.146 e. The van der Waals surface area contributed by atoms with Crippen LogP contribution in [0.4, 0.5) is 5.82 Å². The lowest BCUT2D eigenvalue weighted by atomic mass is 10.1. The number of aromatic nitrogens is 1. The molecule has 14 heavy (non-hydrogen) atoms. The zero-order valence-electron chi connectivity index (χ0n) is 9.07. The number of pyridine rings is 1. The minimum Gasteiger partial charge on any atom is -0.356 e. The molecule has 0 atom stereocenters. The molecular formula is C11H15N3. The van der Waals surface area contributed by atoms with Gasteiger partial charge < -0.3 is 4.90 Å². The van der Waals surface area contributed by atoms with Gasteiger partial charge in [0.25, 0.3) is 0 Å². The van der Waals surface area contributed by atoms with E-state index >= 15 is 0 Å². The maximum absolute atomic E-state index is 9.01. The number of hydrogen-bond donors (Lipinski definition) is 0. The lowest BCUT2D eigenvalue weighted by Crippen LogP contribution is -2.27. The molecule has 0 spiro atoms. The number of aryl methyl sites for hydroxylation is 1. The van der Waals surface area contributed by atoms with Gasteiger partial charge in [-0.1, -0.05) is 0 Å².